The van der Waals surface area contributed by atoms with Crippen LogP contribution in [0, 0.1) is 0 Å². The lowest BCUT2D eigenvalue weighted by molar-refractivity contribution is 0.168. The molecular weight excluding hydrogens is 322 g/mol. The summed E-state index contributed by atoms with van der Waals surface area (Å²) in [6.45, 7) is 3.21. The van der Waals surface area contributed by atoms with Crippen molar-refractivity contribution in [2.45, 2.75) is 38.1 Å². The molecule has 4 nitrogen and oxygen atoms in total. The Hall–Kier alpha value is -1.32. The van der Waals surface area contributed by atoms with E-state index in [9.17, 15) is 4.79 Å². The molecule has 0 N–H and O–H groups in total. The van der Waals surface area contributed by atoms with Gasteiger partial charge >= 0.3 is 0 Å². The Labute approximate surface area is 126 Å². The molecule has 3 rings (SSSR count). The molecule has 0 spiro atoms. The molecule has 2 aliphatic rings. The summed E-state index contributed by atoms with van der Waals surface area (Å²) in [6, 6.07) is 2.00. The number of hydrogen-bond donors (Lipinski definition) is 0. The first-order chi connectivity index (χ1) is 9.72. The van der Waals surface area contributed by atoms with E-state index >= 15 is 0 Å². The molecule has 0 atom stereocenters. The largest absolute Gasteiger partial charge is 0.486 e. The quantitative estimate of drug-likeness (QED) is 0.626. The smallest absolute Gasteiger partial charge is 0.235 e. The molecule has 0 radical (unpaired) electrons. The molecule has 1 aliphatic carbocycles. The minimum atomic E-state index is -0.411. The summed E-state index contributed by atoms with van der Waals surface area (Å²) in [5, 5.41) is 0. The second-order valence-electron chi connectivity index (χ2n) is 5.18. The Kier molecular flexibility index (Phi) is 3.57. The highest BCUT2D eigenvalue weighted by molar-refractivity contribution is 9.10. The number of halogens is 1. The second-order valence-corrected chi connectivity index (χ2v) is 5.98. The number of rotatable bonds is 3. The molecule has 0 bridgehead atoms. The lowest BCUT2D eigenvalue weighted by Crippen LogP contribution is -2.33. The van der Waals surface area contributed by atoms with Gasteiger partial charge in [0.1, 0.15) is 13.2 Å². The molecule has 0 amide bonds. The highest BCUT2D eigenvalue weighted by atomic mass is 79.9. The van der Waals surface area contributed by atoms with Gasteiger partial charge in [0.15, 0.2) is 11.5 Å². The van der Waals surface area contributed by atoms with Crippen molar-refractivity contribution >= 4 is 22.0 Å². The molecule has 0 unspecified atom stereocenters. The van der Waals surface area contributed by atoms with Crippen molar-refractivity contribution in [2.75, 3.05) is 13.2 Å². The van der Waals surface area contributed by atoms with E-state index < -0.39 is 5.54 Å². The Morgan fingerprint density at radius 1 is 1.40 bits per heavy atom. The molecule has 1 aromatic rings. The van der Waals surface area contributed by atoms with Crippen LogP contribution in [0.1, 0.15) is 37.3 Å². The van der Waals surface area contributed by atoms with Gasteiger partial charge in [-0.2, -0.15) is 4.99 Å². The fourth-order valence-corrected chi connectivity index (χ4v) is 3.79. The number of ether oxygens (including phenoxy) is 2. The van der Waals surface area contributed by atoms with Gasteiger partial charge in [-0.1, -0.05) is 6.92 Å². The van der Waals surface area contributed by atoms with Crippen LogP contribution in [0.2, 0.25) is 0 Å². The van der Waals surface area contributed by atoms with E-state index in [0.717, 1.165) is 52.8 Å². The standard InChI is InChI=1S/C15H16BrNO3/c1-2-10-11(15(17-9-18)4-3-5-15)8-12-14(13(10)16)20-7-6-19-12/h8H,2-7H2,1H3. The predicted octanol–water partition coefficient (Wildman–Crippen LogP) is 3.50. The van der Waals surface area contributed by atoms with E-state index in [1.807, 2.05) is 6.07 Å². The summed E-state index contributed by atoms with van der Waals surface area (Å²) >= 11 is 3.63. The third kappa shape index (κ3) is 1.97. The zero-order valence-electron chi connectivity index (χ0n) is 11.4. The Morgan fingerprint density at radius 2 is 2.15 bits per heavy atom. The van der Waals surface area contributed by atoms with Crippen LogP contribution in [0.25, 0.3) is 0 Å². The van der Waals surface area contributed by atoms with E-state index in [4.69, 9.17) is 9.47 Å². The van der Waals surface area contributed by atoms with Crippen molar-refractivity contribution in [3.05, 3.63) is 21.7 Å². The second kappa shape index (κ2) is 5.23. The molecule has 0 aromatic heterocycles. The molecule has 1 saturated carbocycles. The highest BCUT2D eigenvalue weighted by Crippen LogP contribution is 2.51. The van der Waals surface area contributed by atoms with Gasteiger partial charge in [-0.05, 0) is 58.8 Å². The van der Waals surface area contributed by atoms with Crippen LogP contribution in [-0.4, -0.2) is 19.3 Å². The maximum Gasteiger partial charge on any atom is 0.235 e. The molecule has 1 fully saturated rings. The van der Waals surface area contributed by atoms with E-state index in [-0.39, 0.29) is 0 Å². The van der Waals surface area contributed by atoms with E-state index in [1.165, 1.54) is 0 Å². The number of nitrogens with zero attached hydrogens (tertiary/aromatic N) is 1. The van der Waals surface area contributed by atoms with Crippen LogP contribution in [0.3, 0.4) is 0 Å². The molecule has 1 heterocycles. The molecule has 1 aliphatic heterocycles. The first-order valence-corrected chi connectivity index (χ1v) is 7.71. The van der Waals surface area contributed by atoms with Crippen molar-refractivity contribution in [3.63, 3.8) is 0 Å². The van der Waals surface area contributed by atoms with Crippen molar-refractivity contribution < 1.29 is 14.3 Å². The van der Waals surface area contributed by atoms with Gasteiger partial charge in [0.25, 0.3) is 0 Å². The summed E-state index contributed by atoms with van der Waals surface area (Å²) in [6.07, 6.45) is 5.46. The molecular formula is C15H16BrNO3. The van der Waals surface area contributed by atoms with Gasteiger partial charge in [-0.25, -0.2) is 4.79 Å². The summed E-state index contributed by atoms with van der Waals surface area (Å²) < 4.78 is 12.3. The lowest BCUT2D eigenvalue weighted by Gasteiger charge is -2.39. The number of aliphatic imine (C=N–C) groups is 1. The number of hydrogen-bond acceptors (Lipinski definition) is 4. The summed E-state index contributed by atoms with van der Waals surface area (Å²) in [4.78, 5) is 14.9. The van der Waals surface area contributed by atoms with E-state index in [0.29, 0.717) is 13.2 Å². The topological polar surface area (TPSA) is 47.9 Å². The Balaban J connectivity index is 2.19. The minimum Gasteiger partial charge on any atom is -0.486 e. The third-order valence-electron chi connectivity index (χ3n) is 4.17. The molecule has 1 aromatic carbocycles. The minimum absolute atomic E-state index is 0.411. The summed E-state index contributed by atoms with van der Waals surface area (Å²) in [5.41, 5.74) is 1.81. The summed E-state index contributed by atoms with van der Waals surface area (Å²) in [5.74, 6) is 1.50. The van der Waals surface area contributed by atoms with E-state index in [2.05, 4.69) is 27.8 Å². The predicted molar refractivity (Wildman–Crippen MR) is 78.2 cm³/mol. The van der Waals surface area contributed by atoms with Gasteiger partial charge in [0, 0.05) is 0 Å². The fourth-order valence-electron chi connectivity index (χ4n) is 2.99. The Morgan fingerprint density at radius 3 is 2.75 bits per heavy atom. The van der Waals surface area contributed by atoms with Crippen molar-refractivity contribution in [1.29, 1.82) is 0 Å². The van der Waals surface area contributed by atoms with Gasteiger partial charge in [-0.15, -0.1) is 0 Å². The normalized spacial score (nSPS) is 18.9. The number of isocyanates is 1. The average Bonchev–Trinajstić information content (AvgIpc) is 2.43. The lowest BCUT2D eigenvalue weighted by atomic mass is 9.70. The Bertz CT molecular complexity index is 589. The first kappa shape index (κ1) is 13.7. The molecule has 106 valence electrons. The number of carbonyl (C=O) groups excluding carboxylic acids is 1. The maximum atomic E-state index is 10.8. The monoisotopic (exact) mass is 337 g/mol. The van der Waals surface area contributed by atoms with Gasteiger partial charge in [0.05, 0.1) is 10.0 Å². The van der Waals surface area contributed by atoms with Crippen LogP contribution in [0.4, 0.5) is 0 Å². The number of fused-ring (bicyclic) bond motifs is 1. The first-order valence-electron chi connectivity index (χ1n) is 6.92. The van der Waals surface area contributed by atoms with Crippen molar-refractivity contribution in [3.8, 4) is 11.5 Å². The van der Waals surface area contributed by atoms with Crippen LogP contribution < -0.4 is 9.47 Å². The van der Waals surface area contributed by atoms with Gasteiger partial charge in [0.2, 0.25) is 6.08 Å². The molecule has 20 heavy (non-hydrogen) atoms. The van der Waals surface area contributed by atoms with Gasteiger partial charge < -0.3 is 9.47 Å². The highest BCUT2D eigenvalue weighted by Gasteiger charge is 2.42. The molecule has 0 saturated heterocycles. The third-order valence-corrected chi connectivity index (χ3v) is 5.01. The fraction of sp³-hybridized carbons (Fsp3) is 0.533. The SMILES string of the molecule is CCc1c(C2(N=C=O)CCC2)cc2c(c1Br)OCCO2. The molecule has 5 heteroatoms. The zero-order valence-corrected chi connectivity index (χ0v) is 13.0. The maximum absolute atomic E-state index is 10.8. The van der Waals surface area contributed by atoms with Gasteiger partial charge in [-0.3, -0.25) is 0 Å². The van der Waals surface area contributed by atoms with Crippen molar-refractivity contribution in [2.24, 2.45) is 4.99 Å². The van der Waals surface area contributed by atoms with E-state index in [1.54, 1.807) is 6.08 Å². The zero-order chi connectivity index (χ0) is 14.2. The van der Waals surface area contributed by atoms with Crippen LogP contribution >= 0.6 is 15.9 Å². The van der Waals surface area contributed by atoms with Crippen LogP contribution in [-0.2, 0) is 16.8 Å². The average molecular weight is 338 g/mol. The van der Waals surface area contributed by atoms with Crippen LogP contribution in [0.15, 0.2) is 15.5 Å². The van der Waals surface area contributed by atoms with Crippen molar-refractivity contribution in [1.82, 2.24) is 0 Å². The number of benzene rings is 1. The van der Waals surface area contributed by atoms with Crippen LogP contribution in [0.5, 0.6) is 11.5 Å². The summed E-state index contributed by atoms with van der Waals surface area (Å²) in [7, 11) is 0.